The van der Waals surface area contributed by atoms with Gasteiger partial charge in [0.05, 0.1) is 18.4 Å². The van der Waals surface area contributed by atoms with Gasteiger partial charge < -0.3 is 19.6 Å². The second kappa shape index (κ2) is 5.97. The molecule has 0 amide bonds. The lowest BCUT2D eigenvalue weighted by molar-refractivity contribution is 0.0593. The average Bonchev–Trinajstić information content (AvgIpc) is 3.22. The standard InChI is InChI=1S/C18H16N4O2/c1-12-5-6-14(9-15(12)21-7-3-4-8-21)22-11-13(10-19)16(20)17(22)18(23)24-2/h3-9,11H,20H2,1-2H3. The monoisotopic (exact) mass is 320 g/mol. The zero-order valence-electron chi connectivity index (χ0n) is 13.4. The number of ether oxygens (including phenoxy) is 1. The van der Waals surface area contributed by atoms with Gasteiger partial charge in [-0.2, -0.15) is 5.26 Å². The number of aromatic nitrogens is 2. The van der Waals surface area contributed by atoms with E-state index in [9.17, 15) is 10.1 Å². The van der Waals surface area contributed by atoms with Crippen molar-refractivity contribution in [1.29, 1.82) is 5.26 Å². The second-order valence-electron chi connectivity index (χ2n) is 5.34. The first-order valence-corrected chi connectivity index (χ1v) is 7.30. The van der Waals surface area contributed by atoms with E-state index in [1.54, 1.807) is 10.8 Å². The molecular weight excluding hydrogens is 304 g/mol. The SMILES string of the molecule is COC(=O)c1c(N)c(C#N)cn1-c1ccc(C)c(-n2cccc2)c1. The van der Waals surface area contributed by atoms with E-state index in [4.69, 9.17) is 10.5 Å². The second-order valence-corrected chi connectivity index (χ2v) is 5.34. The Morgan fingerprint density at radius 2 is 2.00 bits per heavy atom. The fraction of sp³-hybridized carbons (Fsp3) is 0.111. The van der Waals surface area contributed by atoms with Crippen LogP contribution in [0.15, 0.2) is 48.9 Å². The number of rotatable bonds is 3. The van der Waals surface area contributed by atoms with Crippen LogP contribution in [0.5, 0.6) is 0 Å². The van der Waals surface area contributed by atoms with Crippen molar-refractivity contribution in [2.45, 2.75) is 6.92 Å². The molecule has 0 spiro atoms. The van der Waals surface area contributed by atoms with Gasteiger partial charge in [0, 0.05) is 30.0 Å². The third kappa shape index (κ3) is 2.42. The van der Waals surface area contributed by atoms with Gasteiger partial charge in [0.25, 0.3) is 0 Å². The smallest absolute Gasteiger partial charge is 0.357 e. The molecule has 0 saturated carbocycles. The van der Waals surface area contributed by atoms with Gasteiger partial charge in [-0.25, -0.2) is 4.79 Å². The third-order valence-corrected chi connectivity index (χ3v) is 3.90. The first-order valence-electron chi connectivity index (χ1n) is 7.30. The van der Waals surface area contributed by atoms with Crippen LogP contribution in [-0.2, 0) is 4.74 Å². The molecule has 24 heavy (non-hydrogen) atoms. The summed E-state index contributed by atoms with van der Waals surface area (Å²) in [5.74, 6) is -0.586. The molecule has 2 N–H and O–H groups in total. The lowest BCUT2D eigenvalue weighted by Crippen LogP contribution is -2.11. The molecule has 2 aromatic heterocycles. The summed E-state index contributed by atoms with van der Waals surface area (Å²) in [5.41, 5.74) is 9.21. The van der Waals surface area contributed by atoms with Crippen LogP contribution in [0, 0.1) is 18.3 Å². The Kier molecular flexibility index (Phi) is 3.84. The molecule has 0 aliphatic heterocycles. The summed E-state index contributed by atoms with van der Waals surface area (Å²) in [6.07, 6.45) is 5.43. The van der Waals surface area contributed by atoms with E-state index >= 15 is 0 Å². The third-order valence-electron chi connectivity index (χ3n) is 3.90. The maximum absolute atomic E-state index is 12.1. The zero-order chi connectivity index (χ0) is 17.3. The van der Waals surface area contributed by atoms with Crippen LogP contribution in [-0.4, -0.2) is 22.2 Å². The average molecular weight is 320 g/mol. The largest absolute Gasteiger partial charge is 0.464 e. The molecule has 120 valence electrons. The summed E-state index contributed by atoms with van der Waals surface area (Å²) in [6.45, 7) is 2.01. The summed E-state index contributed by atoms with van der Waals surface area (Å²) in [4.78, 5) is 12.1. The van der Waals surface area contributed by atoms with Crippen molar-refractivity contribution in [3.63, 3.8) is 0 Å². The molecule has 1 aromatic carbocycles. The Bertz CT molecular complexity index is 946. The number of nitrogen functional groups attached to an aromatic ring is 1. The molecule has 0 unspecified atom stereocenters. The van der Waals surface area contributed by atoms with Crippen LogP contribution in [0.2, 0.25) is 0 Å². The van der Waals surface area contributed by atoms with Gasteiger partial charge in [-0.3, -0.25) is 0 Å². The quantitative estimate of drug-likeness (QED) is 0.752. The van der Waals surface area contributed by atoms with Crippen LogP contribution >= 0.6 is 0 Å². The lowest BCUT2D eigenvalue weighted by atomic mass is 10.1. The van der Waals surface area contributed by atoms with E-state index in [2.05, 4.69) is 0 Å². The molecule has 0 atom stereocenters. The highest BCUT2D eigenvalue weighted by Crippen LogP contribution is 2.27. The number of benzene rings is 1. The normalized spacial score (nSPS) is 10.4. The molecule has 0 saturated heterocycles. The number of carbonyl (C=O) groups is 1. The van der Waals surface area contributed by atoms with Crippen molar-refractivity contribution >= 4 is 11.7 Å². The highest BCUT2D eigenvalue weighted by molar-refractivity contribution is 5.96. The molecule has 0 bridgehead atoms. The number of nitrogens with two attached hydrogens (primary N) is 1. The van der Waals surface area contributed by atoms with Crippen molar-refractivity contribution in [1.82, 2.24) is 9.13 Å². The Labute approximate surface area is 139 Å². The maximum atomic E-state index is 12.1. The zero-order valence-corrected chi connectivity index (χ0v) is 13.4. The number of aryl methyl sites for hydroxylation is 1. The number of nitrogens with zero attached hydrogens (tertiary/aromatic N) is 3. The minimum Gasteiger partial charge on any atom is -0.464 e. The van der Waals surface area contributed by atoms with E-state index in [1.807, 2.05) is 60.3 Å². The maximum Gasteiger partial charge on any atom is 0.357 e. The van der Waals surface area contributed by atoms with Crippen molar-refractivity contribution < 1.29 is 9.53 Å². The predicted octanol–water partition coefficient (Wildman–Crippen LogP) is 2.82. The minimum atomic E-state index is -0.586. The number of carbonyl (C=O) groups excluding carboxylic acids is 1. The molecule has 0 aliphatic rings. The van der Waals surface area contributed by atoms with Gasteiger partial charge in [0.15, 0.2) is 5.69 Å². The highest BCUT2D eigenvalue weighted by atomic mass is 16.5. The van der Waals surface area contributed by atoms with Gasteiger partial charge in [-0.1, -0.05) is 6.07 Å². The van der Waals surface area contributed by atoms with Crippen LogP contribution in [0.4, 0.5) is 5.69 Å². The number of anilines is 1. The number of nitriles is 1. The van der Waals surface area contributed by atoms with E-state index in [0.717, 1.165) is 16.9 Å². The summed E-state index contributed by atoms with van der Waals surface area (Å²) in [5, 5.41) is 9.21. The Balaban J connectivity index is 2.22. The molecule has 6 heteroatoms. The van der Waals surface area contributed by atoms with E-state index < -0.39 is 5.97 Å². The van der Waals surface area contributed by atoms with Crippen molar-refractivity contribution in [2.24, 2.45) is 0 Å². The molecular formula is C18H16N4O2. The fourth-order valence-corrected chi connectivity index (χ4v) is 2.64. The number of hydrogen-bond donors (Lipinski definition) is 1. The number of esters is 1. The molecule has 0 aliphatic carbocycles. The molecule has 3 rings (SSSR count). The Morgan fingerprint density at radius 1 is 1.29 bits per heavy atom. The number of methoxy groups -OCH3 is 1. The van der Waals surface area contributed by atoms with Crippen LogP contribution in [0.25, 0.3) is 11.4 Å². The van der Waals surface area contributed by atoms with Gasteiger partial charge in [-0.15, -0.1) is 0 Å². The number of hydrogen-bond acceptors (Lipinski definition) is 4. The topological polar surface area (TPSA) is 86.0 Å². The Morgan fingerprint density at radius 3 is 2.62 bits per heavy atom. The van der Waals surface area contributed by atoms with Crippen molar-refractivity contribution in [2.75, 3.05) is 12.8 Å². The van der Waals surface area contributed by atoms with E-state index in [1.165, 1.54) is 7.11 Å². The van der Waals surface area contributed by atoms with Crippen LogP contribution in [0.3, 0.4) is 0 Å². The summed E-state index contributed by atoms with van der Waals surface area (Å²) >= 11 is 0. The van der Waals surface area contributed by atoms with Gasteiger partial charge >= 0.3 is 5.97 Å². The molecule has 2 heterocycles. The summed E-state index contributed by atoms with van der Waals surface area (Å²) < 4.78 is 8.38. The first-order chi connectivity index (χ1) is 11.6. The predicted molar refractivity (Wildman–Crippen MR) is 90.3 cm³/mol. The molecule has 6 nitrogen and oxygen atoms in total. The minimum absolute atomic E-state index is 0.118. The van der Waals surface area contributed by atoms with Crippen molar-refractivity contribution in [3.05, 3.63) is 65.7 Å². The van der Waals surface area contributed by atoms with Gasteiger partial charge in [0.2, 0.25) is 0 Å². The molecule has 0 fully saturated rings. The van der Waals surface area contributed by atoms with Crippen LogP contribution < -0.4 is 5.73 Å². The molecule has 0 radical (unpaired) electrons. The lowest BCUT2D eigenvalue weighted by Gasteiger charge is -2.13. The molecule has 3 aromatic rings. The van der Waals surface area contributed by atoms with Crippen molar-refractivity contribution in [3.8, 4) is 17.4 Å². The van der Waals surface area contributed by atoms with Gasteiger partial charge in [-0.05, 0) is 36.8 Å². The highest BCUT2D eigenvalue weighted by Gasteiger charge is 2.22. The first kappa shape index (κ1) is 15.4. The fourth-order valence-electron chi connectivity index (χ4n) is 2.64. The summed E-state index contributed by atoms with van der Waals surface area (Å²) in [6, 6.07) is 11.6. The summed E-state index contributed by atoms with van der Waals surface area (Å²) in [7, 11) is 1.28. The van der Waals surface area contributed by atoms with E-state index in [0.29, 0.717) is 0 Å². The Hall–Kier alpha value is -3.46. The van der Waals surface area contributed by atoms with Crippen LogP contribution in [0.1, 0.15) is 21.6 Å². The van der Waals surface area contributed by atoms with Gasteiger partial charge in [0.1, 0.15) is 6.07 Å². The van der Waals surface area contributed by atoms with E-state index in [-0.39, 0.29) is 16.9 Å².